The predicted molar refractivity (Wildman–Crippen MR) is 86.7 cm³/mol. The van der Waals surface area contributed by atoms with Gasteiger partial charge >= 0.3 is 0 Å². The van der Waals surface area contributed by atoms with E-state index in [0.717, 1.165) is 13.0 Å². The third-order valence-corrected chi connectivity index (χ3v) is 3.90. The highest BCUT2D eigenvalue weighted by Gasteiger charge is 2.20. The number of allylic oxidation sites excluding steroid dienone is 3. The lowest BCUT2D eigenvalue weighted by Crippen LogP contribution is -2.87. The van der Waals surface area contributed by atoms with Crippen molar-refractivity contribution in [2.24, 2.45) is 5.92 Å². The summed E-state index contributed by atoms with van der Waals surface area (Å²) in [7, 11) is 0. The standard InChI is InChI=1S/C19H23NO/c1-2-16(15-21)14-20-19(18-12-8-5-9-13-18)17-10-6-3-4-7-11-17/h3-6,8-13,16,19-21H,2,14-15H2,1H3/p+1. The lowest BCUT2D eigenvalue weighted by atomic mass is 9.97. The Balaban J connectivity index is 2.21. The van der Waals surface area contributed by atoms with Crippen LogP contribution in [0.2, 0.25) is 0 Å². The Labute approximate surface area is 127 Å². The normalized spacial score (nSPS) is 16.4. The molecule has 2 rings (SSSR count). The van der Waals surface area contributed by atoms with Crippen LogP contribution in [-0.4, -0.2) is 18.3 Å². The van der Waals surface area contributed by atoms with E-state index in [4.69, 9.17) is 0 Å². The third kappa shape index (κ3) is 4.57. The summed E-state index contributed by atoms with van der Waals surface area (Å²) in [5, 5.41) is 11.7. The van der Waals surface area contributed by atoms with Gasteiger partial charge in [0, 0.05) is 17.1 Å². The minimum atomic E-state index is 0.246. The van der Waals surface area contributed by atoms with Crippen LogP contribution >= 0.6 is 0 Å². The number of rotatable bonds is 7. The van der Waals surface area contributed by atoms with Gasteiger partial charge in [0.2, 0.25) is 0 Å². The number of aliphatic hydroxyl groups is 1. The Morgan fingerprint density at radius 1 is 1.19 bits per heavy atom. The summed E-state index contributed by atoms with van der Waals surface area (Å²) in [6.07, 6.45) is 11.2. The molecule has 1 aromatic carbocycles. The molecule has 0 fully saturated rings. The molecule has 3 N–H and O–H groups in total. The van der Waals surface area contributed by atoms with Crippen LogP contribution in [0.3, 0.4) is 0 Å². The quantitative estimate of drug-likeness (QED) is 0.741. The van der Waals surface area contributed by atoms with E-state index in [1.807, 2.05) is 24.3 Å². The lowest BCUT2D eigenvalue weighted by molar-refractivity contribution is -0.692. The van der Waals surface area contributed by atoms with E-state index in [1.54, 1.807) is 0 Å². The molecule has 0 radical (unpaired) electrons. The van der Waals surface area contributed by atoms with Gasteiger partial charge in [0.1, 0.15) is 6.04 Å². The second kappa shape index (κ2) is 8.43. The van der Waals surface area contributed by atoms with E-state index in [2.05, 4.69) is 54.4 Å². The first-order valence-corrected chi connectivity index (χ1v) is 7.63. The zero-order valence-corrected chi connectivity index (χ0v) is 12.6. The second-order valence-electron chi connectivity index (χ2n) is 5.35. The molecule has 0 spiro atoms. The van der Waals surface area contributed by atoms with Crippen molar-refractivity contribution in [3.8, 4) is 0 Å². The van der Waals surface area contributed by atoms with Crippen molar-refractivity contribution in [3.63, 3.8) is 0 Å². The molecule has 110 valence electrons. The fourth-order valence-electron chi connectivity index (χ4n) is 2.49. The third-order valence-electron chi connectivity index (χ3n) is 3.90. The highest BCUT2D eigenvalue weighted by atomic mass is 16.3. The maximum absolute atomic E-state index is 9.39. The van der Waals surface area contributed by atoms with Crippen LogP contribution in [0.4, 0.5) is 0 Å². The molecular weight excluding hydrogens is 258 g/mol. The summed E-state index contributed by atoms with van der Waals surface area (Å²) >= 11 is 0. The SMILES string of the molecule is CCC(CO)C[NH2+]C(C1=CC=CC=C=C1)c1ccccc1. The first kappa shape index (κ1) is 15.5. The molecule has 0 aromatic heterocycles. The van der Waals surface area contributed by atoms with Crippen LogP contribution in [0.25, 0.3) is 0 Å². The van der Waals surface area contributed by atoms with Crippen molar-refractivity contribution >= 4 is 0 Å². The van der Waals surface area contributed by atoms with Crippen LogP contribution in [0.15, 0.2) is 72.0 Å². The maximum Gasteiger partial charge on any atom is 0.138 e. The molecule has 2 heteroatoms. The molecule has 0 bridgehead atoms. The Morgan fingerprint density at radius 2 is 2.00 bits per heavy atom. The smallest absolute Gasteiger partial charge is 0.138 e. The molecule has 21 heavy (non-hydrogen) atoms. The van der Waals surface area contributed by atoms with Gasteiger partial charge in [-0.25, -0.2) is 0 Å². The van der Waals surface area contributed by atoms with Crippen molar-refractivity contribution in [1.82, 2.24) is 0 Å². The van der Waals surface area contributed by atoms with E-state index in [0.29, 0.717) is 5.92 Å². The van der Waals surface area contributed by atoms with Crippen LogP contribution in [0.5, 0.6) is 0 Å². The molecule has 0 aliphatic heterocycles. The summed E-state index contributed by atoms with van der Waals surface area (Å²) in [4.78, 5) is 0. The van der Waals surface area contributed by atoms with Crippen LogP contribution < -0.4 is 5.32 Å². The van der Waals surface area contributed by atoms with Gasteiger partial charge in [-0.05, 0) is 18.6 Å². The van der Waals surface area contributed by atoms with E-state index in [-0.39, 0.29) is 12.6 Å². The van der Waals surface area contributed by atoms with Gasteiger partial charge in [0.05, 0.1) is 13.2 Å². The largest absolute Gasteiger partial charge is 0.396 e. The minimum Gasteiger partial charge on any atom is -0.396 e. The molecule has 0 saturated heterocycles. The Morgan fingerprint density at radius 3 is 2.71 bits per heavy atom. The Hall–Kier alpha value is -1.86. The second-order valence-corrected chi connectivity index (χ2v) is 5.35. The van der Waals surface area contributed by atoms with Crippen LogP contribution in [0, 0.1) is 5.92 Å². The molecule has 0 amide bonds. The van der Waals surface area contributed by atoms with Gasteiger partial charge < -0.3 is 10.4 Å². The zero-order valence-electron chi connectivity index (χ0n) is 12.6. The molecular formula is C19H24NO+. The van der Waals surface area contributed by atoms with Crippen LogP contribution in [-0.2, 0) is 0 Å². The van der Waals surface area contributed by atoms with E-state index in [9.17, 15) is 5.11 Å². The summed E-state index contributed by atoms with van der Waals surface area (Å²) < 4.78 is 0. The summed E-state index contributed by atoms with van der Waals surface area (Å²) in [5.41, 5.74) is 5.71. The number of aliphatic hydroxyl groups excluding tert-OH is 1. The van der Waals surface area contributed by atoms with E-state index >= 15 is 0 Å². The Kier molecular flexibility index (Phi) is 6.23. The van der Waals surface area contributed by atoms with Gasteiger partial charge in [-0.1, -0.05) is 55.5 Å². The Bertz CT molecular complexity index is 546. The molecule has 0 saturated carbocycles. The predicted octanol–water partition coefficient (Wildman–Crippen LogP) is 2.52. The highest BCUT2D eigenvalue weighted by molar-refractivity contribution is 5.36. The fourth-order valence-corrected chi connectivity index (χ4v) is 2.49. The van der Waals surface area contributed by atoms with Gasteiger partial charge in [-0.2, -0.15) is 0 Å². The zero-order chi connectivity index (χ0) is 14.9. The first-order valence-electron chi connectivity index (χ1n) is 7.63. The highest BCUT2D eigenvalue weighted by Crippen LogP contribution is 2.19. The molecule has 0 heterocycles. The van der Waals surface area contributed by atoms with Crippen molar-refractivity contribution in [2.75, 3.05) is 13.2 Å². The number of benzene rings is 1. The number of hydrogen-bond acceptors (Lipinski definition) is 1. The van der Waals surface area contributed by atoms with Crippen molar-refractivity contribution in [2.45, 2.75) is 19.4 Å². The van der Waals surface area contributed by atoms with Crippen molar-refractivity contribution < 1.29 is 10.4 Å². The minimum absolute atomic E-state index is 0.246. The average Bonchev–Trinajstić information content (AvgIpc) is 2.82. The van der Waals surface area contributed by atoms with E-state index in [1.165, 1.54) is 11.1 Å². The summed E-state index contributed by atoms with van der Waals surface area (Å²) in [6.45, 7) is 3.30. The lowest BCUT2D eigenvalue weighted by Gasteiger charge is -2.19. The van der Waals surface area contributed by atoms with Gasteiger partial charge in [-0.15, -0.1) is 5.73 Å². The summed E-state index contributed by atoms with van der Waals surface area (Å²) in [6, 6.07) is 10.8. The average molecular weight is 282 g/mol. The van der Waals surface area contributed by atoms with Crippen molar-refractivity contribution in [1.29, 1.82) is 0 Å². The molecule has 2 atom stereocenters. The molecule has 1 aliphatic rings. The molecule has 1 aromatic rings. The first-order chi connectivity index (χ1) is 10.3. The van der Waals surface area contributed by atoms with Gasteiger partial charge in [-0.3, -0.25) is 0 Å². The fraction of sp³-hybridized carbons (Fsp3) is 0.316. The molecule has 2 unspecified atom stereocenters. The maximum atomic E-state index is 9.39. The number of quaternary nitrogens is 1. The van der Waals surface area contributed by atoms with Crippen LogP contribution in [0.1, 0.15) is 24.9 Å². The van der Waals surface area contributed by atoms with Gasteiger partial charge in [0.25, 0.3) is 0 Å². The van der Waals surface area contributed by atoms with Gasteiger partial charge in [0.15, 0.2) is 0 Å². The topological polar surface area (TPSA) is 36.8 Å². The molecule has 2 nitrogen and oxygen atoms in total. The van der Waals surface area contributed by atoms with E-state index < -0.39 is 0 Å². The van der Waals surface area contributed by atoms with Crippen molar-refractivity contribution in [3.05, 3.63) is 77.6 Å². The summed E-state index contributed by atoms with van der Waals surface area (Å²) in [5.74, 6) is 0.345. The number of nitrogens with two attached hydrogens (primary N) is 1. The molecule has 1 aliphatic carbocycles. The number of hydrogen-bond donors (Lipinski definition) is 2. The monoisotopic (exact) mass is 282 g/mol.